The van der Waals surface area contributed by atoms with Crippen LogP contribution in [0.3, 0.4) is 0 Å². The molecule has 3 rings (SSSR count). The third-order valence-electron chi connectivity index (χ3n) is 2.66. The minimum atomic E-state index is 0.354. The molecule has 0 unspecified atom stereocenters. The lowest BCUT2D eigenvalue weighted by Gasteiger charge is -2.06. The minimum Gasteiger partial charge on any atom is -0.355 e. The third-order valence-corrected chi connectivity index (χ3v) is 3.40. The van der Waals surface area contributed by atoms with Crippen LogP contribution in [0, 0.1) is 3.70 Å². The van der Waals surface area contributed by atoms with Gasteiger partial charge in [-0.2, -0.15) is 5.10 Å². The maximum Gasteiger partial charge on any atom is 0.168 e. The Hall–Kier alpha value is -1.11. The molecule has 0 fully saturated rings. The van der Waals surface area contributed by atoms with Gasteiger partial charge < -0.3 is 4.52 Å². The number of hydrogen-bond acceptors (Lipinski definition) is 3. The Morgan fingerprint density at radius 2 is 2.19 bits per heavy atom. The Morgan fingerprint density at radius 3 is 2.94 bits per heavy atom. The second-order valence-corrected chi connectivity index (χ2v) is 5.05. The fourth-order valence-electron chi connectivity index (χ4n) is 1.94. The van der Waals surface area contributed by atoms with Crippen LogP contribution in [0.1, 0.15) is 19.9 Å². The average Bonchev–Trinajstić information content (AvgIpc) is 2.81. The molecule has 0 saturated heterocycles. The molecule has 0 bridgehead atoms. The highest BCUT2D eigenvalue weighted by molar-refractivity contribution is 14.1. The monoisotopic (exact) mass is 327 g/mol. The van der Waals surface area contributed by atoms with E-state index in [1.807, 2.05) is 23.0 Å². The van der Waals surface area contributed by atoms with Crippen molar-refractivity contribution in [1.82, 2.24) is 14.9 Å². The van der Waals surface area contributed by atoms with Crippen LogP contribution in [0.2, 0.25) is 0 Å². The van der Waals surface area contributed by atoms with Crippen molar-refractivity contribution in [2.45, 2.75) is 19.9 Å². The Morgan fingerprint density at radius 1 is 1.38 bits per heavy atom. The van der Waals surface area contributed by atoms with Gasteiger partial charge in [0.25, 0.3) is 0 Å². The van der Waals surface area contributed by atoms with Gasteiger partial charge in [0.05, 0.1) is 17.1 Å². The van der Waals surface area contributed by atoms with E-state index >= 15 is 0 Å². The lowest BCUT2D eigenvalue weighted by atomic mass is 10.2. The summed E-state index contributed by atoms with van der Waals surface area (Å²) in [6, 6.07) is 4.34. The molecule has 0 aliphatic rings. The summed E-state index contributed by atoms with van der Waals surface area (Å²) in [5.41, 5.74) is 1.95. The molecule has 2 aromatic heterocycles. The van der Waals surface area contributed by atoms with Gasteiger partial charge in [-0.15, -0.1) is 0 Å². The molecular weight excluding hydrogens is 317 g/mol. The minimum absolute atomic E-state index is 0.354. The standard InChI is InChI=1S/C11H10IN3O/c1-6(2)15-8-3-4-9-10(7(8)5-13-15)11(12)14-16-9/h3-6H,1-2H3. The second kappa shape index (κ2) is 3.44. The molecule has 3 aromatic rings. The van der Waals surface area contributed by atoms with Gasteiger partial charge in [-0.3, -0.25) is 4.68 Å². The second-order valence-electron chi connectivity index (χ2n) is 4.03. The molecule has 16 heavy (non-hydrogen) atoms. The van der Waals surface area contributed by atoms with E-state index in [0.29, 0.717) is 6.04 Å². The van der Waals surface area contributed by atoms with Crippen LogP contribution in [0.25, 0.3) is 21.9 Å². The molecule has 0 spiro atoms. The van der Waals surface area contributed by atoms with Gasteiger partial charge in [0.2, 0.25) is 0 Å². The summed E-state index contributed by atoms with van der Waals surface area (Å²) >= 11 is 2.19. The molecule has 0 amide bonds. The van der Waals surface area contributed by atoms with Crippen molar-refractivity contribution in [2.75, 3.05) is 0 Å². The lowest BCUT2D eigenvalue weighted by molar-refractivity contribution is 0.451. The quantitative estimate of drug-likeness (QED) is 0.644. The molecular formula is C11H10IN3O. The molecule has 0 saturated carbocycles. The topological polar surface area (TPSA) is 43.9 Å². The summed E-state index contributed by atoms with van der Waals surface area (Å²) in [6.07, 6.45) is 1.89. The molecule has 1 aromatic carbocycles. The summed E-state index contributed by atoms with van der Waals surface area (Å²) in [6.45, 7) is 4.24. The number of benzene rings is 1. The molecule has 0 aliphatic heterocycles. The van der Waals surface area contributed by atoms with E-state index in [1.54, 1.807) is 0 Å². The normalized spacial score (nSPS) is 12.0. The predicted molar refractivity (Wildman–Crippen MR) is 70.4 cm³/mol. The molecule has 0 atom stereocenters. The fraction of sp³-hybridized carbons (Fsp3) is 0.273. The summed E-state index contributed by atoms with van der Waals surface area (Å²) in [5.74, 6) is 0. The number of nitrogens with zero attached hydrogens (tertiary/aromatic N) is 3. The first kappa shape index (κ1) is 10.1. The smallest absolute Gasteiger partial charge is 0.168 e. The molecule has 0 aliphatic carbocycles. The maximum atomic E-state index is 5.23. The first-order chi connectivity index (χ1) is 7.68. The summed E-state index contributed by atoms with van der Waals surface area (Å²) < 4.78 is 8.13. The number of rotatable bonds is 1. The van der Waals surface area contributed by atoms with Gasteiger partial charge in [0.1, 0.15) is 0 Å². The van der Waals surface area contributed by atoms with Gasteiger partial charge in [0.15, 0.2) is 9.28 Å². The van der Waals surface area contributed by atoms with E-state index in [9.17, 15) is 0 Å². The van der Waals surface area contributed by atoms with Crippen molar-refractivity contribution >= 4 is 44.5 Å². The number of hydrogen-bond donors (Lipinski definition) is 0. The highest BCUT2D eigenvalue weighted by Gasteiger charge is 2.13. The van der Waals surface area contributed by atoms with E-state index in [2.05, 4.69) is 46.7 Å². The molecule has 4 nitrogen and oxygen atoms in total. The van der Waals surface area contributed by atoms with E-state index < -0.39 is 0 Å². The molecule has 0 N–H and O–H groups in total. The molecule has 0 radical (unpaired) electrons. The van der Waals surface area contributed by atoms with Crippen LogP contribution in [-0.2, 0) is 0 Å². The summed E-state index contributed by atoms with van der Waals surface area (Å²) in [7, 11) is 0. The van der Waals surface area contributed by atoms with E-state index in [-0.39, 0.29) is 0 Å². The Kier molecular flexibility index (Phi) is 2.17. The van der Waals surface area contributed by atoms with E-state index in [0.717, 1.165) is 25.6 Å². The third kappa shape index (κ3) is 1.27. The Balaban J connectivity index is 2.48. The number of aromatic nitrogens is 3. The largest absolute Gasteiger partial charge is 0.355 e. The zero-order valence-corrected chi connectivity index (χ0v) is 11.1. The Labute approximate surface area is 106 Å². The van der Waals surface area contributed by atoms with Gasteiger partial charge in [-0.1, -0.05) is 5.16 Å². The first-order valence-electron chi connectivity index (χ1n) is 5.09. The van der Waals surface area contributed by atoms with Crippen molar-refractivity contribution in [3.8, 4) is 0 Å². The zero-order chi connectivity index (χ0) is 11.3. The predicted octanol–water partition coefficient (Wildman–Crippen LogP) is 3.36. The molecule has 5 heteroatoms. The zero-order valence-electron chi connectivity index (χ0n) is 8.94. The molecule has 82 valence electrons. The summed E-state index contributed by atoms with van der Waals surface area (Å²) in [5, 5.41) is 10.6. The fourth-order valence-corrected chi connectivity index (χ4v) is 2.59. The van der Waals surface area contributed by atoms with Gasteiger partial charge in [0, 0.05) is 11.4 Å². The van der Waals surface area contributed by atoms with Crippen LogP contribution in [0.4, 0.5) is 0 Å². The van der Waals surface area contributed by atoms with Gasteiger partial charge in [-0.25, -0.2) is 0 Å². The van der Waals surface area contributed by atoms with Crippen LogP contribution in [-0.4, -0.2) is 14.9 Å². The highest BCUT2D eigenvalue weighted by Crippen LogP contribution is 2.29. The SMILES string of the molecule is CC(C)n1ncc2c3c(I)noc3ccc21. The maximum absolute atomic E-state index is 5.23. The van der Waals surface area contributed by atoms with Crippen LogP contribution >= 0.6 is 22.6 Å². The van der Waals surface area contributed by atoms with Crippen molar-refractivity contribution in [2.24, 2.45) is 0 Å². The van der Waals surface area contributed by atoms with Crippen molar-refractivity contribution in [3.63, 3.8) is 0 Å². The number of halogens is 1. The first-order valence-corrected chi connectivity index (χ1v) is 6.17. The van der Waals surface area contributed by atoms with Crippen molar-refractivity contribution in [1.29, 1.82) is 0 Å². The average molecular weight is 327 g/mol. The van der Waals surface area contributed by atoms with Crippen LogP contribution in [0.5, 0.6) is 0 Å². The van der Waals surface area contributed by atoms with Crippen molar-refractivity contribution < 1.29 is 4.52 Å². The van der Waals surface area contributed by atoms with Crippen LogP contribution < -0.4 is 0 Å². The Bertz CT molecular complexity index is 668. The van der Waals surface area contributed by atoms with E-state index in [1.165, 1.54) is 0 Å². The lowest BCUT2D eigenvalue weighted by Crippen LogP contribution is -2.01. The van der Waals surface area contributed by atoms with E-state index in [4.69, 9.17) is 4.52 Å². The van der Waals surface area contributed by atoms with Gasteiger partial charge >= 0.3 is 0 Å². The molecule has 2 heterocycles. The summed E-state index contributed by atoms with van der Waals surface area (Å²) in [4.78, 5) is 0. The highest BCUT2D eigenvalue weighted by atomic mass is 127. The van der Waals surface area contributed by atoms with Crippen LogP contribution in [0.15, 0.2) is 22.9 Å². The number of fused-ring (bicyclic) bond motifs is 3. The van der Waals surface area contributed by atoms with Gasteiger partial charge in [-0.05, 0) is 48.6 Å². The van der Waals surface area contributed by atoms with Crippen molar-refractivity contribution in [3.05, 3.63) is 22.0 Å².